The fraction of sp³-hybridized carbons (Fsp3) is 0.636. The molecule has 168 valence electrons. The molecule has 0 spiro atoms. The highest BCUT2D eigenvalue weighted by atomic mass is 19.1. The van der Waals surface area contributed by atoms with E-state index in [1.165, 1.54) is 0 Å². The van der Waals surface area contributed by atoms with Gasteiger partial charge in [-0.25, -0.2) is 9.18 Å². The van der Waals surface area contributed by atoms with Gasteiger partial charge in [-0.15, -0.1) is 0 Å². The van der Waals surface area contributed by atoms with Crippen LogP contribution in [0.3, 0.4) is 0 Å². The zero-order chi connectivity index (χ0) is 22.1. The van der Waals surface area contributed by atoms with Crippen LogP contribution in [0.4, 0.5) is 15.8 Å². The van der Waals surface area contributed by atoms with Gasteiger partial charge in [0, 0.05) is 30.7 Å². The predicted molar refractivity (Wildman–Crippen MR) is 118 cm³/mol. The highest BCUT2D eigenvalue weighted by molar-refractivity contribution is 5.97. The normalized spacial score (nSPS) is 24.3. The molecule has 2 saturated carbocycles. The summed E-state index contributed by atoms with van der Waals surface area (Å²) in [7, 11) is 0. The van der Waals surface area contributed by atoms with Crippen LogP contribution >= 0.6 is 0 Å². The van der Waals surface area contributed by atoms with Gasteiger partial charge in [-0.2, -0.15) is 0 Å². The Labute approximate surface area is 179 Å². The minimum absolute atomic E-state index is 0.000348. The number of nitrogens with zero attached hydrogens (tertiary/aromatic N) is 2. The van der Waals surface area contributed by atoms with Gasteiger partial charge in [0.25, 0.3) is 5.56 Å². The molecule has 0 radical (unpaired) electrons. The van der Waals surface area contributed by atoms with Gasteiger partial charge in [0.05, 0.1) is 27.9 Å². The Morgan fingerprint density at radius 1 is 1.23 bits per heavy atom. The molecule has 5 rings (SSSR count). The lowest BCUT2D eigenvalue weighted by atomic mass is 9.83. The van der Waals surface area contributed by atoms with Crippen LogP contribution in [0.5, 0.6) is 0 Å². The Kier molecular flexibility index (Phi) is 4.67. The number of anilines is 2. The summed E-state index contributed by atoms with van der Waals surface area (Å²) in [6, 6.07) is -0.367. The van der Waals surface area contributed by atoms with E-state index in [1.807, 2.05) is 4.90 Å². The SMILES string of the molecule is Cc1c(N2CCC(C(N)C3(O)CCCC3)C2)c(F)c(N)c2c(=O)[nH]c(=O)n(C3CC3)c12. The second-order valence-corrected chi connectivity index (χ2v) is 9.62. The first-order chi connectivity index (χ1) is 14.7. The molecule has 0 bridgehead atoms. The van der Waals surface area contributed by atoms with E-state index in [9.17, 15) is 14.7 Å². The Hall–Kier alpha value is -2.39. The van der Waals surface area contributed by atoms with Crippen LogP contribution in [0, 0.1) is 18.7 Å². The molecule has 6 N–H and O–H groups in total. The van der Waals surface area contributed by atoms with Crippen LogP contribution in [0.2, 0.25) is 0 Å². The lowest BCUT2D eigenvalue weighted by Gasteiger charge is -2.34. The van der Waals surface area contributed by atoms with E-state index >= 15 is 4.39 Å². The van der Waals surface area contributed by atoms with Crippen molar-refractivity contribution in [3.8, 4) is 0 Å². The summed E-state index contributed by atoms with van der Waals surface area (Å²) >= 11 is 0. The Bertz CT molecular complexity index is 1160. The molecule has 1 saturated heterocycles. The summed E-state index contributed by atoms with van der Waals surface area (Å²) in [6.07, 6.45) is 5.78. The molecular formula is C22H30FN5O3. The summed E-state index contributed by atoms with van der Waals surface area (Å²) in [5.74, 6) is -0.603. The Balaban J connectivity index is 1.59. The number of rotatable bonds is 4. The fourth-order valence-corrected chi connectivity index (χ4v) is 5.78. The average Bonchev–Trinajstić information content (AvgIpc) is 3.26. The average molecular weight is 432 g/mol. The molecule has 8 nitrogen and oxygen atoms in total. The summed E-state index contributed by atoms with van der Waals surface area (Å²) in [5.41, 5.74) is 11.7. The van der Waals surface area contributed by atoms with E-state index in [0.29, 0.717) is 42.7 Å². The zero-order valence-corrected chi connectivity index (χ0v) is 17.8. The minimum atomic E-state index is -0.851. The largest absolute Gasteiger partial charge is 0.396 e. The highest BCUT2D eigenvalue weighted by Crippen LogP contribution is 2.43. The first-order valence-corrected chi connectivity index (χ1v) is 11.2. The van der Waals surface area contributed by atoms with Crippen LogP contribution in [-0.2, 0) is 0 Å². The van der Waals surface area contributed by atoms with Gasteiger partial charge in [0.1, 0.15) is 0 Å². The van der Waals surface area contributed by atoms with Gasteiger partial charge >= 0.3 is 5.69 Å². The molecular weight excluding hydrogens is 401 g/mol. The number of nitrogens with one attached hydrogen (secondary N) is 1. The van der Waals surface area contributed by atoms with E-state index in [2.05, 4.69) is 4.98 Å². The second kappa shape index (κ2) is 7.06. The molecule has 2 aromatic rings. The maximum Gasteiger partial charge on any atom is 0.329 e. The maximum atomic E-state index is 15.5. The quantitative estimate of drug-likeness (QED) is 0.543. The third-order valence-corrected chi connectivity index (χ3v) is 7.62. The van der Waals surface area contributed by atoms with Gasteiger partial charge in [0.15, 0.2) is 5.82 Å². The van der Waals surface area contributed by atoms with Crippen molar-refractivity contribution in [3.63, 3.8) is 0 Å². The van der Waals surface area contributed by atoms with Gasteiger partial charge in [0.2, 0.25) is 0 Å². The van der Waals surface area contributed by atoms with Gasteiger partial charge in [-0.3, -0.25) is 14.3 Å². The maximum absolute atomic E-state index is 15.5. The van der Waals surface area contributed by atoms with Crippen LogP contribution < -0.4 is 27.6 Å². The molecule has 31 heavy (non-hydrogen) atoms. The second-order valence-electron chi connectivity index (χ2n) is 9.62. The Morgan fingerprint density at radius 3 is 2.55 bits per heavy atom. The fourth-order valence-electron chi connectivity index (χ4n) is 5.78. The number of nitrogen functional groups attached to an aromatic ring is 1. The zero-order valence-electron chi connectivity index (χ0n) is 17.8. The number of hydrogen-bond donors (Lipinski definition) is 4. The van der Waals surface area contributed by atoms with Crippen LogP contribution in [0.25, 0.3) is 10.9 Å². The number of nitrogens with two attached hydrogens (primary N) is 2. The van der Waals surface area contributed by atoms with Crippen LogP contribution in [0.15, 0.2) is 9.59 Å². The van der Waals surface area contributed by atoms with E-state index in [-0.39, 0.29) is 29.1 Å². The molecule has 1 aromatic carbocycles. The van der Waals surface area contributed by atoms with Crippen molar-refractivity contribution in [2.75, 3.05) is 23.7 Å². The van der Waals surface area contributed by atoms with Crippen molar-refractivity contribution in [2.24, 2.45) is 11.7 Å². The van der Waals surface area contributed by atoms with E-state index in [0.717, 1.165) is 32.1 Å². The molecule has 3 fully saturated rings. The topological polar surface area (TPSA) is 130 Å². The first-order valence-electron chi connectivity index (χ1n) is 11.2. The molecule has 2 unspecified atom stereocenters. The van der Waals surface area contributed by atoms with Gasteiger partial charge < -0.3 is 21.5 Å². The number of aryl methyl sites for hydroxylation is 1. The molecule has 3 aliphatic rings. The monoisotopic (exact) mass is 431 g/mol. The minimum Gasteiger partial charge on any atom is -0.396 e. The Morgan fingerprint density at radius 2 is 1.90 bits per heavy atom. The number of aromatic amines is 1. The number of H-pyrrole nitrogens is 1. The number of halogens is 1. The van der Waals surface area contributed by atoms with Crippen molar-refractivity contribution in [1.82, 2.24) is 9.55 Å². The third-order valence-electron chi connectivity index (χ3n) is 7.62. The summed E-state index contributed by atoms with van der Waals surface area (Å²) in [6.45, 7) is 2.83. The molecule has 9 heteroatoms. The van der Waals surface area contributed by atoms with E-state index < -0.39 is 22.7 Å². The first kappa shape index (κ1) is 20.5. The lowest BCUT2D eigenvalue weighted by Crippen LogP contribution is -2.51. The van der Waals surface area contributed by atoms with Crippen LogP contribution in [-0.4, -0.2) is 39.4 Å². The molecule has 2 atom stereocenters. The number of fused-ring (bicyclic) bond motifs is 1. The lowest BCUT2D eigenvalue weighted by molar-refractivity contribution is 0.00442. The molecule has 1 aromatic heterocycles. The molecule has 2 heterocycles. The summed E-state index contributed by atoms with van der Waals surface area (Å²) < 4.78 is 17.1. The van der Waals surface area contributed by atoms with E-state index in [1.54, 1.807) is 11.5 Å². The highest BCUT2D eigenvalue weighted by Gasteiger charge is 2.44. The number of aromatic nitrogens is 2. The van der Waals surface area contributed by atoms with Crippen molar-refractivity contribution >= 4 is 22.3 Å². The van der Waals surface area contributed by atoms with E-state index in [4.69, 9.17) is 11.5 Å². The van der Waals surface area contributed by atoms with Gasteiger partial charge in [-0.05, 0) is 44.9 Å². The number of hydrogen-bond acceptors (Lipinski definition) is 6. The van der Waals surface area contributed by atoms with Crippen LogP contribution in [0.1, 0.15) is 56.6 Å². The van der Waals surface area contributed by atoms with Crippen molar-refractivity contribution in [1.29, 1.82) is 0 Å². The van der Waals surface area contributed by atoms with Crippen molar-refractivity contribution in [2.45, 2.75) is 69.6 Å². The molecule has 0 amide bonds. The predicted octanol–water partition coefficient (Wildman–Crippen LogP) is 1.51. The molecule has 1 aliphatic heterocycles. The summed E-state index contributed by atoms with van der Waals surface area (Å²) in [4.78, 5) is 29.3. The third kappa shape index (κ3) is 3.09. The number of benzene rings is 1. The standard InChI is InChI=1S/C22H30FN5O3/c1-11-17-14(20(29)26-21(30)28(17)13-4-5-13)16(24)15(23)18(11)27-9-6-12(10-27)19(25)22(31)7-2-3-8-22/h12-13,19,31H,2-10,24-25H2,1H3,(H,26,29,30). The number of aliphatic hydroxyl groups is 1. The molecule has 2 aliphatic carbocycles. The summed E-state index contributed by atoms with van der Waals surface area (Å²) in [5, 5.41) is 11.0. The smallest absolute Gasteiger partial charge is 0.329 e. The van der Waals surface area contributed by atoms with Gasteiger partial charge in [-0.1, -0.05) is 12.8 Å². The van der Waals surface area contributed by atoms with Crippen molar-refractivity contribution < 1.29 is 9.50 Å². The van der Waals surface area contributed by atoms with Crippen molar-refractivity contribution in [3.05, 3.63) is 32.2 Å².